The number of carbonyl (C=O) groups is 1. The van der Waals surface area contributed by atoms with Crippen molar-refractivity contribution in [2.75, 3.05) is 0 Å². The highest BCUT2D eigenvalue weighted by atomic mass is 35.5. The molecular formula is C13H18Cl2N2O. The molecule has 0 aliphatic rings. The maximum absolute atomic E-state index is 11.8. The van der Waals surface area contributed by atoms with Crippen LogP contribution in [0, 0.1) is 0 Å². The van der Waals surface area contributed by atoms with Crippen molar-refractivity contribution in [1.29, 1.82) is 0 Å². The van der Waals surface area contributed by atoms with Gasteiger partial charge in [0.1, 0.15) is 0 Å². The van der Waals surface area contributed by atoms with Gasteiger partial charge in [-0.2, -0.15) is 0 Å². The number of hydrogen-bond donors (Lipinski definition) is 2. The summed E-state index contributed by atoms with van der Waals surface area (Å²) in [4.78, 5) is 11.8. The molecular weight excluding hydrogens is 271 g/mol. The highest BCUT2D eigenvalue weighted by molar-refractivity contribution is 6.35. The van der Waals surface area contributed by atoms with E-state index in [4.69, 9.17) is 28.9 Å². The number of nitrogens with one attached hydrogen (secondary N) is 1. The zero-order valence-corrected chi connectivity index (χ0v) is 12.1. The summed E-state index contributed by atoms with van der Waals surface area (Å²) in [5.41, 5.74) is 6.58. The van der Waals surface area contributed by atoms with Gasteiger partial charge in [-0.05, 0) is 31.0 Å². The van der Waals surface area contributed by atoms with E-state index in [2.05, 4.69) is 5.32 Å². The lowest BCUT2D eigenvalue weighted by Crippen LogP contribution is -2.41. The predicted octanol–water partition coefficient (Wildman–Crippen LogP) is 3.30. The van der Waals surface area contributed by atoms with Crippen LogP contribution in [0.5, 0.6) is 0 Å². The Balaban J connectivity index is 2.70. The Labute approximate surface area is 118 Å². The molecule has 0 aliphatic heterocycles. The van der Waals surface area contributed by atoms with E-state index < -0.39 is 6.04 Å². The second-order valence-electron chi connectivity index (χ2n) is 4.29. The Kier molecular flexibility index (Phi) is 5.93. The van der Waals surface area contributed by atoms with Gasteiger partial charge in [-0.3, -0.25) is 4.79 Å². The molecule has 1 unspecified atom stereocenters. The minimum absolute atomic E-state index is 0.157. The highest BCUT2D eigenvalue weighted by Gasteiger charge is 2.17. The Morgan fingerprint density at radius 3 is 2.67 bits per heavy atom. The van der Waals surface area contributed by atoms with Gasteiger partial charge in [0.25, 0.3) is 0 Å². The zero-order chi connectivity index (χ0) is 13.7. The lowest BCUT2D eigenvalue weighted by Gasteiger charge is -2.18. The lowest BCUT2D eigenvalue weighted by molar-refractivity contribution is -0.123. The van der Waals surface area contributed by atoms with E-state index in [0.717, 1.165) is 12.0 Å². The van der Waals surface area contributed by atoms with Crippen molar-refractivity contribution in [2.45, 2.75) is 38.8 Å². The van der Waals surface area contributed by atoms with Crippen LogP contribution in [0.1, 0.15) is 38.3 Å². The normalized spacial score (nSPS) is 14.1. The van der Waals surface area contributed by atoms with Crippen LogP contribution < -0.4 is 11.1 Å². The first-order valence-electron chi connectivity index (χ1n) is 5.96. The summed E-state index contributed by atoms with van der Waals surface area (Å²) in [5, 5.41) is 3.96. The Morgan fingerprint density at radius 2 is 2.11 bits per heavy atom. The van der Waals surface area contributed by atoms with E-state index in [0.29, 0.717) is 16.5 Å². The first-order valence-corrected chi connectivity index (χ1v) is 6.72. The van der Waals surface area contributed by atoms with E-state index in [1.165, 1.54) is 0 Å². The molecule has 0 heterocycles. The first kappa shape index (κ1) is 15.3. The Bertz CT molecular complexity index is 423. The molecule has 100 valence electrons. The van der Waals surface area contributed by atoms with Crippen LogP contribution >= 0.6 is 23.2 Å². The number of carbonyl (C=O) groups excluding carboxylic acids is 1. The molecule has 2 atom stereocenters. The van der Waals surface area contributed by atoms with Crippen LogP contribution in [-0.2, 0) is 4.79 Å². The predicted molar refractivity (Wildman–Crippen MR) is 75.9 cm³/mol. The van der Waals surface area contributed by atoms with Crippen molar-refractivity contribution >= 4 is 29.1 Å². The average molecular weight is 289 g/mol. The van der Waals surface area contributed by atoms with Crippen molar-refractivity contribution in [3.05, 3.63) is 33.8 Å². The maximum atomic E-state index is 11.8. The molecule has 0 saturated carbocycles. The zero-order valence-electron chi connectivity index (χ0n) is 10.5. The van der Waals surface area contributed by atoms with Gasteiger partial charge in [0, 0.05) is 10.0 Å². The summed E-state index contributed by atoms with van der Waals surface area (Å²) in [6, 6.07) is 4.56. The van der Waals surface area contributed by atoms with Gasteiger partial charge >= 0.3 is 0 Å². The van der Waals surface area contributed by atoms with Gasteiger partial charge in [0.2, 0.25) is 5.91 Å². The van der Waals surface area contributed by atoms with Crippen LogP contribution in [-0.4, -0.2) is 11.9 Å². The molecule has 1 aromatic carbocycles. The number of hydrogen-bond acceptors (Lipinski definition) is 2. The van der Waals surface area contributed by atoms with Crippen molar-refractivity contribution in [2.24, 2.45) is 5.73 Å². The molecule has 3 nitrogen and oxygen atoms in total. The summed E-state index contributed by atoms with van der Waals surface area (Å²) < 4.78 is 0. The summed E-state index contributed by atoms with van der Waals surface area (Å²) in [5.74, 6) is -0.157. The fourth-order valence-corrected chi connectivity index (χ4v) is 2.27. The molecule has 18 heavy (non-hydrogen) atoms. The lowest BCUT2D eigenvalue weighted by atomic mass is 10.1. The summed E-state index contributed by atoms with van der Waals surface area (Å²) >= 11 is 11.9. The fourth-order valence-electron chi connectivity index (χ4n) is 1.69. The largest absolute Gasteiger partial charge is 0.348 e. The number of halogens is 2. The minimum atomic E-state index is -0.469. The van der Waals surface area contributed by atoms with E-state index in [1.54, 1.807) is 18.2 Å². The summed E-state index contributed by atoms with van der Waals surface area (Å²) in [6.07, 6.45) is 1.55. The van der Waals surface area contributed by atoms with E-state index in [9.17, 15) is 4.79 Å². The molecule has 1 rings (SSSR count). The molecule has 0 spiro atoms. The molecule has 0 saturated heterocycles. The van der Waals surface area contributed by atoms with Gasteiger partial charge < -0.3 is 11.1 Å². The first-order chi connectivity index (χ1) is 8.45. The van der Waals surface area contributed by atoms with Crippen molar-refractivity contribution < 1.29 is 4.79 Å². The highest BCUT2D eigenvalue weighted by Crippen LogP contribution is 2.26. The number of rotatable bonds is 5. The second kappa shape index (κ2) is 6.98. The van der Waals surface area contributed by atoms with Crippen LogP contribution in [0.3, 0.4) is 0 Å². The molecule has 3 N–H and O–H groups in total. The molecule has 0 radical (unpaired) electrons. The molecule has 0 fully saturated rings. The molecule has 5 heteroatoms. The number of amides is 1. The molecule has 0 aliphatic carbocycles. The quantitative estimate of drug-likeness (QED) is 0.873. The van der Waals surface area contributed by atoms with Crippen molar-refractivity contribution in [1.82, 2.24) is 5.32 Å². The maximum Gasteiger partial charge on any atom is 0.237 e. The molecule has 1 amide bonds. The summed E-state index contributed by atoms with van der Waals surface area (Å²) in [6.45, 7) is 3.86. The monoisotopic (exact) mass is 288 g/mol. The van der Waals surface area contributed by atoms with Crippen LogP contribution in [0.25, 0.3) is 0 Å². The average Bonchev–Trinajstić information content (AvgIpc) is 2.28. The SMILES string of the molecule is CCC[C@H](N)C(=O)NC(C)c1ccc(Cl)cc1Cl. The van der Waals surface area contributed by atoms with Gasteiger partial charge in [0.05, 0.1) is 12.1 Å². The van der Waals surface area contributed by atoms with Gasteiger partial charge in [-0.1, -0.05) is 42.6 Å². The Hall–Kier alpha value is -0.770. The third kappa shape index (κ3) is 4.16. The van der Waals surface area contributed by atoms with Crippen LogP contribution in [0.4, 0.5) is 0 Å². The number of benzene rings is 1. The van der Waals surface area contributed by atoms with Gasteiger partial charge in [-0.25, -0.2) is 0 Å². The van der Waals surface area contributed by atoms with E-state index >= 15 is 0 Å². The standard InChI is InChI=1S/C13H18Cl2N2O/c1-3-4-12(16)13(18)17-8(2)10-6-5-9(14)7-11(10)15/h5-8,12H,3-4,16H2,1-2H3,(H,17,18)/t8?,12-/m0/s1. The summed E-state index contributed by atoms with van der Waals surface area (Å²) in [7, 11) is 0. The van der Waals surface area contributed by atoms with Gasteiger partial charge in [-0.15, -0.1) is 0 Å². The smallest absolute Gasteiger partial charge is 0.237 e. The minimum Gasteiger partial charge on any atom is -0.348 e. The number of nitrogens with two attached hydrogens (primary N) is 1. The van der Waals surface area contributed by atoms with Crippen LogP contribution in [0.15, 0.2) is 18.2 Å². The fraction of sp³-hybridized carbons (Fsp3) is 0.462. The third-order valence-corrected chi connectivity index (χ3v) is 3.29. The topological polar surface area (TPSA) is 55.1 Å². The van der Waals surface area contributed by atoms with E-state index in [-0.39, 0.29) is 11.9 Å². The third-order valence-electron chi connectivity index (χ3n) is 2.72. The molecule has 0 aromatic heterocycles. The van der Waals surface area contributed by atoms with Crippen molar-refractivity contribution in [3.63, 3.8) is 0 Å². The van der Waals surface area contributed by atoms with E-state index in [1.807, 2.05) is 13.8 Å². The van der Waals surface area contributed by atoms with Crippen molar-refractivity contribution in [3.8, 4) is 0 Å². The second-order valence-corrected chi connectivity index (χ2v) is 5.13. The molecule has 0 bridgehead atoms. The molecule has 1 aromatic rings. The van der Waals surface area contributed by atoms with Crippen LogP contribution in [0.2, 0.25) is 10.0 Å². The van der Waals surface area contributed by atoms with Gasteiger partial charge in [0.15, 0.2) is 0 Å². The Morgan fingerprint density at radius 1 is 1.44 bits per heavy atom.